The lowest BCUT2D eigenvalue weighted by Crippen LogP contribution is -2.45. The molecule has 3 heteroatoms. The summed E-state index contributed by atoms with van der Waals surface area (Å²) in [5.74, 6) is 0.820. The minimum absolute atomic E-state index is 0.0458. The van der Waals surface area contributed by atoms with Crippen molar-refractivity contribution in [1.82, 2.24) is 5.32 Å². The molecule has 0 bridgehead atoms. The minimum Gasteiger partial charge on any atom is -0.325 e. The molecule has 3 unspecified atom stereocenters. The number of benzene rings is 1. The molecule has 19 heavy (non-hydrogen) atoms. The van der Waals surface area contributed by atoms with E-state index in [-0.39, 0.29) is 11.9 Å². The zero-order valence-corrected chi connectivity index (χ0v) is 11.9. The molecule has 1 aliphatic carbocycles. The second kappa shape index (κ2) is 6.71. The average Bonchev–Trinajstić information content (AvgIpc) is 2.40. The van der Waals surface area contributed by atoms with Crippen LogP contribution in [0.2, 0.25) is 0 Å². The Bertz CT molecular complexity index is 404. The van der Waals surface area contributed by atoms with E-state index in [4.69, 9.17) is 0 Å². The SMILES string of the molecule is CC1CCCC(NC(C)C(=O)Nc2ccccc2)C1. The molecule has 1 aliphatic rings. The van der Waals surface area contributed by atoms with Gasteiger partial charge in [0.05, 0.1) is 6.04 Å². The number of para-hydroxylation sites is 1. The van der Waals surface area contributed by atoms with Crippen molar-refractivity contribution < 1.29 is 4.79 Å². The van der Waals surface area contributed by atoms with Crippen molar-refractivity contribution in [3.8, 4) is 0 Å². The molecule has 0 spiro atoms. The summed E-state index contributed by atoms with van der Waals surface area (Å²) in [6.45, 7) is 4.24. The lowest BCUT2D eigenvalue weighted by molar-refractivity contribution is -0.118. The third-order valence-electron chi connectivity index (χ3n) is 3.86. The van der Waals surface area contributed by atoms with E-state index in [0.717, 1.165) is 11.6 Å². The predicted octanol–water partition coefficient (Wildman–Crippen LogP) is 3.18. The summed E-state index contributed by atoms with van der Waals surface area (Å²) >= 11 is 0. The summed E-state index contributed by atoms with van der Waals surface area (Å²) in [6.07, 6.45) is 4.96. The molecule has 1 saturated carbocycles. The van der Waals surface area contributed by atoms with Gasteiger partial charge in [0.1, 0.15) is 0 Å². The largest absolute Gasteiger partial charge is 0.325 e. The van der Waals surface area contributed by atoms with Gasteiger partial charge in [0, 0.05) is 11.7 Å². The molecule has 3 nitrogen and oxygen atoms in total. The highest BCUT2D eigenvalue weighted by atomic mass is 16.2. The van der Waals surface area contributed by atoms with Gasteiger partial charge in [-0.1, -0.05) is 38.0 Å². The topological polar surface area (TPSA) is 41.1 Å². The van der Waals surface area contributed by atoms with Gasteiger partial charge in [0.2, 0.25) is 5.91 Å². The molecular formula is C16H24N2O. The Labute approximate surface area is 115 Å². The lowest BCUT2D eigenvalue weighted by atomic mass is 9.87. The number of anilines is 1. The van der Waals surface area contributed by atoms with Gasteiger partial charge < -0.3 is 10.6 Å². The van der Waals surface area contributed by atoms with Crippen molar-refractivity contribution in [2.75, 3.05) is 5.32 Å². The highest BCUT2D eigenvalue weighted by Gasteiger charge is 2.22. The maximum atomic E-state index is 12.1. The van der Waals surface area contributed by atoms with Crippen LogP contribution in [0.4, 0.5) is 5.69 Å². The van der Waals surface area contributed by atoms with Crippen molar-refractivity contribution in [3.63, 3.8) is 0 Å². The summed E-state index contributed by atoms with van der Waals surface area (Å²) in [6, 6.07) is 9.96. The maximum absolute atomic E-state index is 12.1. The quantitative estimate of drug-likeness (QED) is 0.873. The molecule has 0 heterocycles. The lowest BCUT2D eigenvalue weighted by Gasteiger charge is -2.29. The fourth-order valence-electron chi connectivity index (χ4n) is 2.79. The molecule has 3 atom stereocenters. The van der Waals surface area contributed by atoms with Crippen LogP contribution in [-0.4, -0.2) is 18.0 Å². The fraction of sp³-hybridized carbons (Fsp3) is 0.562. The summed E-state index contributed by atoms with van der Waals surface area (Å²) in [4.78, 5) is 12.1. The first-order valence-corrected chi connectivity index (χ1v) is 7.27. The van der Waals surface area contributed by atoms with Gasteiger partial charge in [-0.05, 0) is 37.8 Å². The van der Waals surface area contributed by atoms with Crippen molar-refractivity contribution in [3.05, 3.63) is 30.3 Å². The van der Waals surface area contributed by atoms with Crippen LogP contribution in [0, 0.1) is 5.92 Å². The minimum atomic E-state index is -0.143. The van der Waals surface area contributed by atoms with E-state index in [2.05, 4.69) is 17.6 Å². The van der Waals surface area contributed by atoms with Crippen molar-refractivity contribution in [1.29, 1.82) is 0 Å². The highest BCUT2D eigenvalue weighted by Crippen LogP contribution is 2.23. The Morgan fingerprint density at radius 1 is 1.26 bits per heavy atom. The van der Waals surface area contributed by atoms with Gasteiger partial charge >= 0.3 is 0 Å². The first-order chi connectivity index (χ1) is 9.15. The third-order valence-corrected chi connectivity index (χ3v) is 3.86. The summed E-state index contributed by atoms with van der Waals surface area (Å²) in [5, 5.41) is 6.40. The third kappa shape index (κ3) is 4.35. The standard InChI is InChI=1S/C16H24N2O/c1-12-7-6-10-15(11-12)17-13(2)16(19)18-14-8-4-3-5-9-14/h3-5,8-9,12-13,15,17H,6-7,10-11H2,1-2H3,(H,18,19). The van der Waals surface area contributed by atoms with E-state index in [1.807, 2.05) is 37.3 Å². The zero-order valence-electron chi connectivity index (χ0n) is 11.9. The van der Waals surface area contributed by atoms with Crippen LogP contribution in [-0.2, 0) is 4.79 Å². The van der Waals surface area contributed by atoms with Crippen LogP contribution >= 0.6 is 0 Å². The van der Waals surface area contributed by atoms with E-state index in [0.29, 0.717) is 6.04 Å². The first kappa shape index (κ1) is 14.1. The van der Waals surface area contributed by atoms with Gasteiger partial charge in [0.15, 0.2) is 0 Å². The number of nitrogens with one attached hydrogen (secondary N) is 2. The summed E-state index contributed by atoms with van der Waals surface area (Å²) in [5.41, 5.74) is 0.859. The molecule has 1 aromatic carbocycles. The van der Waals surface area contributed by atoms with E-state index in [9.17, 15) is 4.79 Å². The number of hydrogen-bond acceptors (Lipinski definition) is 2. The van der Waals surface area contributed by atoms with Crippen molar-refractivity contribution in [2.45, 2.75) is 51.6 Å². The number of carbonyl (C=O) groups excluding carboxylic acids is 1. The van der Waals surface area contributed by atoms with Gasteiger partial charge in [0.25, 0.3) is 0 Å². The molecule has 0 aliphatic heterocycles. The van der Waals surface area contributed by atoms with Crippen LogP contribution in [0.1, 0.15) is 39.5 Å². The van der Waals surface area contributed by atoms with E-state index >= 15 is 0 Å². The van der Waals surface area contributed by atoms with Crippen LogP contribution < -0.4 is 10.6 Å². The highest BCUT2D eigenvalue weighted by molar-refractivity contribution is 5.94. The van der Waals surface area contributed by atoms with E-state index in [1.165, 1.54) is 25.7 Å². The summed E-state index contributed by atoms with van der Waals surface area (Å²) < 4.78 is 0. The molecular weight excluding hydrogens is 236 g/mol. The Morgan fingerprint density at radius 3 is 2.68 bits per heavy atom. The van der Waals surface area contributed by atoms with Gasteiger partial charge in [-0.25, -0.2) is 0 Å². The fourth-order valence-corrected chi connectivity index (χ4v) is 2.79. The number of hydrogen-bond donors (Lipinski definition) is 2. The Morgan fingerprint density at radius 2 is 2.00 bits per heavy atom. The predicted molar refractivity (Wildman–Crippen MR) is 79.1 cm³/mol. The Kier molecular flexibility index (Phi) is 4.97. The molecule has 0 radical (unpaired) electrons. The smallest absolute Gasteiger partial charge is 0.241 e. The Hall–Kier alpha value is -1.35. The normalized spacial score (nSPS) is 24.7. The van der Waals surface area contributed by atoms with Crippen LogP contribution in [0.5, 0.6) is 0 Å². The number of carbonyl (C=O) groups is 1. The van der Waals surface area contributed by atoms with E-state index < -0.39 is 0 Å². The molecule has 1 aromatic rings. The first-order valence-electron chi connectivity index (χ1n) is 7.27. The monoisotopic (exact) mass is 260 g/mol. The average molecular weight is 260 g/mol. The maximum Gasteiger partial charge on any atom is 0.241 e. The second-order valence-corrected chi connectivity index (χ2v) is 5.71. The molecule has 0 aromatic heterocycles. The molecule has 1 fully saturated rings. The number of rotatable bonds is 4. The van der Waals surface area contributed by atoms with Crippen LogP contribution in [0.25, 0.3) is 0 Å². The molecule has 2 rings (SSSR count). The molecule has 2 N–H and O–H groups in total. The van der Waals surface area contributed by atoms with Gasteiger partial charge in [-0.2, -0.15) is 0 Å². The van der Waals surface area contributed by atoms with Crippen LogP contribution in [0.15, 0.2) is 30.3 Å². The molecule has 0 saturated heterocycles. The molecule has 1 amide bonds. The second-order valence-electron chi connectivity index (χ2n) is 5.71. The Balaban J connectivity index is 1.82. The van der Waals surface area contributed by atoms with Crippen LogP contribution in [0.3, 0.4) is 0 Å². The molecule has 104 valence electrons. The number of amides is 1. The van der Waals surface area contributed by atoms with Crippen molar-refractivity contribution in [2.24, 2.45) is 5.92 Å². The van der Waals surface area contributed by atoms with Gasteiger partial charge in [-0.3, -0.25) is 4.79 Å². The zero-order chi connectivity index (χ0) is 13.7. The summed E-state index contributed by atoms with van der Waals surface area (Å²) in [7, 11) is 0. The van der Waals surface area contributed by atoms with E-state index in [1.54, 1.807) is 0 Å². The van der Waals surface area contributed by atoms with Gasteiger partial charge in [-0.15, -0.1) is 0 Å². The van der Waals surface area contributed by atoms with Crippen molar-refractivity contribution >= 4 is 11.6 Å².